The smallest absolute Gasteiger partial charge is 0.310 e. The van der Waals surface area contributed by atoms with Crippen LogP contribution in [0, 0.1) is 24.2 Å². The van der Waals surface area contributed by atoms with Crippen molar-refractivity contribution in [1.29, 1.82) is 0 Å². The van der Waals surface area contributed by atoms with Crippen molar-refractivity contribution in [2.24, 2.45) is 17.3 Å². The molecule has 2 aliphatic carbocycles. The molecule has 0 radical (unpaired) electrons. The second-order valence-corrected chi connectivity index (χ2v) is 6.14. The number of fused-ring (bicyclic) bond motifs is 2. The molecule has 2 saturated carbocycles. The van der Waals surface area contributed by atoms with E-state index in [0.29, 0.717) is 11.8 Å². The van der Waals surface area contributed by atoms with Crippen LogP contribution in [0.25, 0.3) is 0 Å². The molecule has 0 aliphatic heterocycles. The largest absolute Gasteiger partial charge is 0.481 e. The quantitative estimate of drug-likeness (QED) is 0.884. The van der Waals surface area contributed by atoms with Crippen molar-refractivity contribution in [3.05, 3.63) is 35.4 Å². The van der Waals surface area contributed by atoms with Crippen LogP contribution in [0.2, 0.25) is 0 Å². The second kappa shape index (κ2) is 4.11. The van der Waals surface area contributed by atoms with Gasteiger partial charge in [0.15, 0.2) is 0 Å². The van der Waals surface area contributed by atoms with E-state index in [1.807, 2.05) is 12.1 Å². The monoisotopic (exact) mass is 244 g/mol. The predicted octanol–water partition coefficient (Wildman–Crippen LogP) is 3.43. The van der Waals surface area contributed by atoms with E-state index in [0.717, 1.165) is 25.7 Å². The third-order valence-corrected chi connectivity index (χ3v) is 5.17. The molecular formula is C16H20O2. The van der Waals surface area contributed by atoms with Gasteiger partial charge >= 0.3 is 5.97 Å². The van der Waals surface area contributed by atoms with Gasteiger partial charge in [-0.15, -0.1) is 0 Å². The lowest BCUT2D eigenvalue weighted by Gasteiger charge is -2.34. The first-order chi connectivity index (χ1) is 8.62. The molecule has 0 amide bonds. The number of carbonyl (C=O) groups is 1. The maximum absolute atomic E-state index is 11.8. The number of aryl methyl sites for hydroxylation is 1. The molecular weight excluding hydrogens is 224 g/mol. The number of carboxylic acid groups (broad SMARTS) is 1. The van der Waals surface area contributed by atoms with Crippen LogP contribution in [-0.4, -0.2) is 11.1 Å². The number of aliphatic carboxylic acids is 1. The summed E-state index contributed by atoms with van der Waals surface area (Å²) in [5.74, 6) is 0.493. The van der Waals surface area contributed by atoms with Gasteiger partial charge < -0.3 is 5.11 Å². The normalized spacial score (nSPS) is 33.8. The van der Waals surface area contributed by atoms with Gasteiger partial charge in [0, 0.05) is 0 Å². The highest BCUT2D eigenvalue weighted by Gasteiger charge is 2.55. The Bertz CT molecular complexity index is 480. The summed E-state index contributed by atoms with van der Waals surface area (Å²) in [6.45, 7) is 2.08. The maximum atomic E-state index is 11.8. The van der Waals surface area contributed by atoms with E-state index in [1.54, 1.807) is 0 Å². The highest BCUT2D eigenvalue weighted by molar-refractivity contribution is 5.76. The molecule has 0 aromatic heterocycles. The van der Waals surface area contributed by atoms with Crippen LogP contribution in [0.1, 0.15) is 36.8 Å². The van der Waals surface area contributed by atoms with Gasteiger partial charge in [-0.2, -0.15) is 0 Å². The Morgan fingerprint density at radius 1 is 1.39 bits per heavy atom. The fourth-order valence-electron chi connectivity index (χ4n) is 4.15. The Kier molecular flexibility index (Phi) is 2.69. The summed E-state index contributed by atoms with van der Waals surface area (Å²) in [7, 11) is 0. The van der Waals surface area contributed by atoms with Gasteiger partial charge in [0.05, 0.1) is 5.41 Å². The molecule has 1 aromatic carbocycles. The molecule has 2 heteroatoms. The van der Waals surface area contributed by atoms with Crippen LogP contribution in [0.15, 0.2) is 24.3 Å². The molecule has 3 rings (SSSR count). The first-order valence-electron chi connectivity index (χ1n) is 6.90. The molecule has 2 aliphatic rings. The average Bonchev–Trinajstić information content (AvgIpc) is 2.93. The predicted molar refractivity (Wildman–Crippen MR) is 70.4 cm³/mol. The molecule has 3 unspecified atom stereocenters. The summed E-state index contributed by atoms with van der Waals surface area (Å²) in [6, 6.07) is 8.21. The molecule has 2 nitrogen and oxygen atoms in total. The topological polar surface area (TPSA) is 37.3 Å². The van der Waals surface area contributed by atoms with Gasteiger partial charge in [-0.1, -0.05) is 30.7 Å². The zero-order valence-electron chi connectivity index (χ0n) is 10.9. The number of carboxylic acids is 1. The Labute approximate surface area is 108 Å². The van der Waals surface area contributed by atoms with Crippen molar-refractivity contribution in [3.8, 4) is 0 Å². The van der Waals surface area contributed by atoms with Crippen molar-refractivity contribution in [3.63, 3.8) is 0 Å². The summed E-state index contributed by atoms with van der Waals surface area (Å²) in [5.41, 5.74) is 1.96. The third-order valence-electron chi connectivity index (χ3n) is 5.17. The van der Waals surface area contributed by atoms with Crippen molar-refractivity contribution < 1.29 is 9.90 Å². The summed E-state index contributed by atoms with van der Waals surface area (Å²) in [4.78, 5) is 11.8. The zero-order valence-corrected chi connectivity index (χ0v) is 10.9. The molecule has 0 saturated heterocycles. The fraction of sp³-hybridized carbons (Fsp3) is 0.562. The van der Waals surface area contributed by atoms with Crippen molar-refractivity contribution in [1.82, 2.24) is 0 Å². The molecule has 0 spiro atoms. The number of hydrogen-bond donors (Lipinski definition) is 1. The Balaban J connectivity index is 1.93. The minimum Gasteiger partial charge on any atom is -0.481 e. The highest BCUT2D eigenvalue weighted by Crippen LogP contribution is 2.57. The van der Waals surface area contributed by atoms with Gasteiger partial charge in [-0.3, -0.25) is 4.79 Å². The van der Waals surface area contributed by atoms with Crippen LogP contribution >= 0.6 is 0 Å². The molecule has 2 fully saturated rings. The number of benzene rings is 1. The number of hydrogen-bond acceptors (Lipinski definition) is 1. The van der Waals surface area contributed by atoms with Crippen LogP contribution in [-0.2, 0) is 11.2 Å². The van der Waals surface area contributed by atoms with Gasteiger partial charge in [0.25, 0.3) is 0 Å². The van der Waals surface area contributed by atoms with Gasteiger partial charge in [0.2, 0.25) is 0 Å². The second-order valence-electron chi connectivity index (χ2n) is 6.14. The van der Waals surface area contributed by atoms with Gasteiger partial charge in [0.1, 0.15) is 0 Å². The standard InChI is InChI=1S/C16H20O2/c1-11-4-2-3-5-13(11)10-16(15(17)18)9-12-6-7-14(16)8-12/h2-5,12,14H,6-10H2,1H3,(H,17,18). The van der Waals surface area contributed by atoms with Crippen LogP contribution in [0.4, 0.5) is 0 Å². The lowest BCUT2D eigenvalue weighted by atomic mass is 9.69. The highest BCUT2D eigenvalue weighted by atomic mass is 16.4. The summed E-state index contributed by atoms with van der Waals surface area (Å²) in [6.07, 6.45) is 5.10. The average molecular weight is 244 g/mol. The molecule has 2 bridgehead atoms. The molecule has 1 N–H and O–H groups in total. The van der Waals surface area contributed by atoms with E-state index >= 15 is 0 Å². The summed E-state index contributed by atoms with van der Waals surface area (Å²) >= 11 is 0. The minimum atomic E-state index is -0.571. The van der Waals surface area contributed by atoms with Gasteiger partial charge in [-0.25, -0.2) is 0 Å². The van der Waals surface area contributed by atoms with E-state index in [9.17, 15) is 9.90 Å². The number of rotatable bonds is 3. The molecule has 0 heterocycles. The van der Waals surface area contributed by atoms with Crippen LogP contribution in [0.3, 0.4) is 0 Å². The van der Waals surface area contributed by atoms with E-state index in [4.69, 9.17) is 0 Å². The van der Waals surface area contributed by atoms with Crippen molar-refractivity contribution in [2.75, 3.05) is 0 Å². The lowest BCUT2D eigenvalue weighted by Crippen LogP contribution is -2.38. The molecule has 3 atom stereocenters. The Hall–Kier alpha value is -1.31. The van der Waals surface area contributed by atoms with Gasteiger partial charge in [-0.05, 0) is 55.6 Å². The maximum Gasteiger partial charge on any atom is 0.310 e. The molecule has 1 aromatic rings. The fourth-order valence-corrected chi connectivity index (χ4v) is 4.15. The van der Waals surface area contributed by atoms with E-state index < -0.39 is 11.4 Å². The molecule has 18 heavy (non-hydrogen) atoms. The zero-order chi connectivity index (χ0) is 12.8. The summed E-state index contributed by atoms with van der Waals surface area (Å²) < 4.78 is 0. The van der Waals surface area contributed by atoms with Crippen LogP contribution in [0.5, 0.6) is 0 Å². The van der Waals surface area contributed by atoms with E-state index in [-0.39, 0.29) is 0 Å². The summed E-state index contributed by atoms with van der Waals surface area (Å²) in [5, 5.41) is 9.74. The third kappa shape index (κ3) is 1.66. The molecule has 96 valence electrons. The SMILES string of the molecule is Cc1ccccc1CC1(C(=O)O)CC2CCC1C2. The van der Waals surface area contributed by atoms with E-state index in [2.05, 4.69) is 19.1 Å². The van der Waals surface area contributed by atoms with E-state index in [1.165, 1.54) is 17.5 Å². The first kappa shape index (κ1) is 11.8. The van der Waals surface area contributed by atoms with Crippen molar-refractivity contribution in [2.45, 2.75) is 39.0 Å². The Morgan fingerprint density at radius 3 is 2.72 bits per heavy atom. The van der Waals surface area contributed by atoms with Crippen LogP contribution < -0.4 is 0 Å². The Morgan fingerprint density at radius 2 is 2.17 bits per heavy atom. The lowest BCUT2D eigenvalue weighted by molar-refractivity contribution is -0.152. The minimum absolute atomic E-state index is 0.402. The first-order valence-corrected chi connectivity index (χ1v) is 6.90. The van der Waals surface area contributed by atoms with Crippen molar-refractivity contribution >= 4 is 5.97 Å².